The van der Waals surface area contributed by atoms with Crippen LogP contribution in [0.25, 0.3) is 0 Å². The van der Waals surface area contributed by atoms with Crippen LogP contribution in [0.4, 0.5) is 5.00 Å². The van der Waals surface area contributed by atoms with Crippen molar-refractivity contribution in [3.63, 3.8) is 0 Å². The minimum atomic E-state index is -3.13. The zero-order chi connectivity index (χ0) is 18.9. The largest absolute Gasteiger partial charge is 0.365 e. The molecular weight excluding hydrogens is 372 g/mol. The number of hydrogen-bond donors (Lipinski definition) is 2. The van der Waals surface area contributed by atoms with Gasteiger partial charge in [-0.15, -0.1) is 11.3 Å². The van der Waals surface area contributed by atoms with Crippen molar-refractivity contribution in [3.05, 3.63) is 51.4 Å². The molecule has 2 amide bonds. The van der Waals surface area contributed by atoms with E-state index in [0.717, 1.165) is 42.4 Å². The van der Waals surface area contributed by atoms with Crippen molar-refractivity contribution in [3.8, 4) is 0 Å². The van der Waals surface area contributed by atoms with E-state index in [2.05, 4.69) is 5.32 Å². The molecule has 1 aromatic carbocycles. The summed E-state index contributed by atoms with van der Waals surface area (Å²) in [6, 6.07) is 6.38. The van der Waals surface area contributed by atoms with Crippen LogP contribution in [-0.4, -0.2) is 26.5 Å². The molecule has 8 heteroatoms. The molecule has 2 aromatic rings. The highest BCUT2D eigenvalue weighted by Gasteiger charge is 2.25. The minimum absolute atomic E-state index is 0.0711. The molecule has 1 aromatic heterocycles. The van der Waals surface area contributed by atoms with Crippen LogP contribution in [-0.2, 0) is 28.4 Å². The maximum atomic E-state index is 12.5. The third-order valence-corrected chi connectivity index (χ3v) is 6.35. The van der Waals surface area contributed by atoms with Gasteiger partial charge in [0.15, 0.2) is 9.84 Å². The number of hydrogen-bond acceptors (Lipinski definition) is 5. The molecule has 3 N–H and O–H groups in total. The smallest absolute Gasteiger partial charge is 0.256 e. The molecular formula is C18H20N2O4S2. The van der Waals surface area contributed by atoms with Gasteiger partial charge in [0.1, 0.15) is 5.00 Å². The normalized spacial score (nSPS) is 13.9. The fourth-order valence-corrected chi connectivity index (χ4v) is 5.23. The van der Waals surface area contributed by atoms with E-state index < -0.39 is 15.7 Å². The van der Waals surface area contributed by atoms with Crippen molar-refractivity contribution in [2.45, 2.75) is 31.4 Å². The van der Waals surface area contributed by atoms with E-state index >= 15 is 0 Å². The quantitative estimate of drug-likeness (QED) is 0.815. The lowest BCUT2D eigenvalue weighted by Crippen LogP contribution is -2.18. The monoisotopic (exact) mass is 392 g/mol. The van der Waals surface area contributed by atoms with Crippen molar-refractivity contribution < 1.29 is 18.0 Å². The van der Waals surface area contributed by atoms with Crippen molar-refractivity contribution in [2.75, 3.05) is 11.6 Å². The van der Waals surface area contributed by atoms with Crippen molar-refractivity contribution in [2.24, 2.45) is 5.73 Å². The third kappa shape index (κ3) is 4.13. The Hall–Kier alpha value is -2.19. The number of thiophene rings is 1. The molecule has 26 heavy (non-hydrogen) atoms. The fourth-order valence-electron chi connectivity index (χ4n) is 3.14. The molecule has 0 radical (unpaired) electrons. The van der Waals surface area contributed by atoms with E-state index in [0.29, 0.717) is 21.7 Å². The van der Waals surface area contributed by atoms with Crippen LogP contribution >= 0.6 is 11.3 Å². The third-order valence-electron chi connectivity index (χ3n) is 4.29. The molecule has 0 spiro atoms. The Morgan fingerprint density at radius 1 is 1.15 bits per heavy atom. The first-order valence-electron chi connectivity index (χ1n) is 8.27. The number of benzene rings is 1. The maximum Gasteiger partial charge on any atom is 0.256 e. The van der Waals surface area contributed by atoms with Crippen molar-refractivity contribution >= 4 is 38.0 Å². The molecule has 6 nitrogen and oxygen atoms in total. The van der Waals surface area contributed by atoms with Crippen LogP contribution in [0.3, 0.4) is 0 Å². The zero-order valence-corrected chi connectivity index (χ0v) is 16.0. The molecule has 138 valence electrons. The van der Waals surface area contributed by atoms with Gasteiger partial charge in [0.2, 0.25) is 0 Å². The number of sulfone groups is 1. The predicted molar refractivity (Wildman–Crippen MR) is 102 cm³/mol. The molecule has 1 aliphatic carbocycles. The highest BCUT2D eigenvalue weighted by molar-refractivity contribution is 7.89. The second-order valence-corrected chi connectivity index (χ2v) is 9.75. The number of nitrogens with one attached hydrogen (secondary N) is 1. The summed E-state index contributed by atoms with van der Waals surface area (Å²) in [4.78, 5) is 25.5. The minimum Gasteiger partial charge on any atom is -0.365 e. The van der Waals surface area contributed by atoms with E-state index in [1.54, 1.807) is 24.3 Å². The Bertz CT molecular complexity index is 960. The van der Waals surface area contributed by atoms with Gasteiger partial charge in [0.05, 0.1) is 11.3 Å². The molecule has 0 saturated carbocycles. The van der Waals surface area contributed by atoms with Gasteiger partial charge in [-0.2, -0.15) is 0 Å². The van der Waals surface area contributed by atoms with E-state index in [9.17, 15) is 18.0 Å². The second-order valence-electron chi connectivity index (χ2n) is 6.50. The van der Waals surface area contributed by atoms with Crippen LogP contribution in [0.1, 0.15) is 49.6 Å². The van der Waals surface area contributed by atoms with Gasteiger partial charge in [-0.1, -0.05) is 12.1 Å². The van der Waals surface area contributed by atoms with Crippen LogP contribution in [0, 0.1) is 0 Å². The number of anilines is 1. The molecule has 0 fully saturated rings. The summed E-state index contributed by atoms with van der Waals surface area (Å²) < 4.78 is 22.7. The van der Waals surface area contributed by atoms with Crippen LogP contribution in [0.5, 0.6) is 0 Å². The number of amides is 2. The summed E-state index contributed by atoms with van der Waals surface area (Å²) in [7, 11) is -3.13. The van der Waals surface area contributed by atoms with Gasteiger partial charge in [-0.05, 0) is 48.9 Å². The molecule has 0 bridgehead atoms. The van der Waals surface area contributed by atoms with Crippen LogP contribution in [0.15, 0.2) is 24.3 Å². The molecule has 1 aliphatic rings. The summed E-state index contributed by atoms with van der Waals surface area (Å²) >= 11 is 1.41. The van der Waals surface area contributed by atoms with E-state index in [1.165, 1.54) is 11.3 Å². The number of rotatable bonds is 5. The van der Waals surface area contributed by atoms with E-state index in [1.807, 2.05) is 0 Å². The van der Waals surface area contributed by atoms with Gasteiger partial charge < -0.3 is 11.1 Å². The Morgan fingerprint density at radius 2 is 1.81 bits per heavy atom. The zero-order valence-electron chi connectivity index (χ0n) is 14.4. The van der Waals surface area contributed by atoms with Gasteiger partial charge in [0, 0.05) is 16.7 Å². The Labute approximate surface area is 156 Å². The summed E-state index contributed by atoms with van der Waals surface area (Å²) in [5.41, 5.74) is 7.94. The van der Waals surface area contributed by atoms with Gasteiger partial charge in [0.25, 0.3) is 11.8 Å². The first kappa shape index (κ1) is 18.6. The van der Waals surface area contributed by atoms with Crippen LogP contribution < -0.4 is 11.1 Å². The number of primary amides is 1. The first-order valence-corrected chi connectivity index (χ1v) is 11.1. The highest BCUT2D eigenvalue weighted by atomic mass is 32.2. The summed E-state index contributed by atoms with van der Waals surface area (Å²) in [6.07, 6.45) is 4.95. The summed E-state index contributed by atoms with van der Waals surface area (Å²) in [6.45, 7) is 0. The van der Waals surface area contributed by atoms with Crippen molar-refractivity contribution in [1.82, 2.24) is 0 Å². The summed E-state index contributed by atoms with van der Waals surface area (Å²) in [5, 5.41) is 3.29. The molecule has 0 atom stereocenters. The molecule has 1 heterocycles. The number of fused-ring (bicyclic) bond motifs is 1. The van der Waals surface area contributed by atoms with Gasteiger partial charge in [-0.3, -0.25) is 9.59 Å². The lowest BCUT2D eigenvalue weighted by atomic mass is 9.95. The van der Waals surface area contributed by atoms with Crippen LogP contribution in [0.2, 0.25) is 0 Å². The molecule has 3 rings (SSSR count). The lowest BCUT2D eigenvalue weighted by molar-refractivity contribution is 0.100. The number of aryl methyl sites for hydroxylation is 1. The average Bonchev–Trinajstić information content (AvgIpc) is 2.91. The molecule has 0 aliphatic heterocycles. The Balaban J connectivity index is 1.82. The topological polar surface area (TPSA) is 106 Å². The standard InChI is InChI=1S/C18H20N2O4S2/c1-26(23,24)10-11-6-8-12(9-7-11)17(22)20-18-15(16(19)21)13-4-2-3-5-14(13)25-18/h6-9H,2-5,10H2,1H3,(H2,19,21)(H,20,22). The summed E-state index contributed by atoms with van der Waals surface area (Å²) in [5.74, 6) is -0.946. The average molecular weight is 393 g/mol. The lowest BCUT2D eigenvalue weighted by Gasteiger charge is -2.11. The van der Waals surface area contributed by atoms with Gasteiger partial charge in [-0.25, -0.2) is 8.42 Å². The molecule has 0 unspecified atom stereocenters. The number of nitrogens with two attached hydrogens (primary N) is 1. The molecule has 0 saturated heterocycles. The van der Waals surface area contributed by atoms with E-state index in [4.69, 9.17) is 5.73 Å². The maximum absolute atomic E-state index is 12.5. The predicted octanol–water partition coefficient (Wildman–Crippen LogP) is 2.52. The second kappa shape index (κ2) is 7.20. The fraction of sp³-hybridized carbons (Fsp3) is 0.333. The Morgan fingerprint density at radius 3 is 2.42 bits per heavy atom. The first-order chi connectivity index (χ1) is 12.2. The highest BCUT2D eigenvalue weighted by Crippen LogP contribution is 2.38. The SMILES string of the molecule is CS(=O)(=O)Cc1ccc(C(=O)Nc2sc3c(c2C(N)=O)CCCC3)cc1. The number of carbonyl (C=O) groups is 2. The number of carbonyl (C=O) groups excluding carboxylic acids is 2. The van der Waals surface area contributed by atoms with E-state index in [-0.39, 0.29) is 11.7 Å². The van der Waals surface area contributed by atoms with Gasteiger partial charge >= 0.3 is 0 Å². The Kier molecular flexibility index (Phi) is 5.15. The van der Waals surface area contributed by atoms with Crippen molar-refractivity contribution in [1.29, 1.82) is 0 Å².